The summed E-state index contributed by atoms with van der Waals surface area (Å²) in [6.45, 7) is 0.778. The van der Waals surface area contributed by atoms with Crippen LogP contribution in [0.15, 0.2) is 60.9 Å². The molecule has 0 bridgehead atoms. The van der Waals surface area contributed by atoms with Gasteiger partial charge in [-0.1, -0.05) is 0 Å². The molecule has 0 saturated carbocycles. The van der Waals surface area contributed by atoms with Gasteiger partial charge >= 0.3 is 0 Å². The third-order valence-electron chi connectivity index (χ3n) is 5.65. The number of hydrogen-bond donors (Lipinski definition) is 3. The van der Waals surface area contributed by atoms with Crippen molar-refractivity contribution < 1.29 is 28.3 Å². The normalized spacial score (nSPS) is 13.8. The number of halogens is 2. The van der Waals surface area contributed by atoms with E-state index in [1.54, 1.807) is 23.2 Å². The van der Waals surface area contributed by atoms with Gasteiger partial charge in [-0.2, -0.15) is 0 Å². The smallest absolute Gasteiger partial charge is 0.257 e. The Kier molecular flexibility index (Phi) is 7.00. The van der Waals surface area contributed by atoms with E-state index >= 15 is 0 Å². The summed E-state index contributed by atoms with van der Waals surface area (Å²) < 4.78 is 26.7. The summed E-state index contributed by atoms with van der Waals surface area (Å²) >= 11 is 0. The van der Waals surface area contributed by atoms with Crippen molar-refractivity contribution in [3.8, 4) is 5.75 Å². The van der Waals surface area contributed by atoms with E-state index in [2.05, 4.69) is 15.6 Å². The molecular weight excluding hydrogens is 458 g/mol. The maximum atomic E-state index is 13.3. The molecule has 3 N–H and O–H groups in total. The van der Waals surface area contributed by atoms with Gasteiger partial charge in [0.1, 0.15) is 17.4 Å². The minimum Gasteiger partial charge on any atom is -0.507 e. The van der Waals surface area contributed by atoms with E-state index in [1.807, 2.05) is 0 Å². The highest BCUT2D eigenvalue weighted by atomic mass is 19.1. The van der Waals surface area contributed by atoms with Gasteiger partial charge < -0.3 is 20.6 Å². The molecule has 8 nitrogen and oxygen atoms in total. The summed E-state index contributed by atoms with van der Waals surface area (Å²) in [6.07, 6.45) is 4.18. The number of phenolic OH excluding ortho intramolecular Hbond substituents is 1. The number of aromatic hydroxyl groups is 1. The second-order valence-corrected chi connectivity index (χ2v) is 8.13. The first-order valence-corrected chi connectivity index (χ1v) is 10.9. The Balaban J connectivity index is 1.34. The highest BCUT2D eigenvalue weighted by molar-refractivity contribution is 6.05. The molecule has 0 spiro atoms. The Bertz CT molecular complexity index is 1240. The summed E-state index contributed by atoms with van der Waals surface area (Å²) in [5, 5.41) is 15.8. The number of aromatic nitrogens is 1. The van der Waals surface area contributed by atoms with Gasteiger partial charge in [-0.3, -0.25) is 19.4 Å². The fraction of sp³-hybridized carbons (Fsp3) is 0.200. The van der Waals surface area contributed by atoms with Crippen LogP contribution in [0.1, 0.15) is 43.9 Å². The molecule has 1 saturated heterocycles. The van der Waals surface area contributed by atoms with Crippen LogP contribution in [0.4, 0.5) is 14.5 Å². The van der Waals surface area contributed by atoms with Crippen molar-refractivity contribution in [2.75, 3.05) is 18.4 Å². The molecule has 10 heteroatoms. The highest BCUT2D eigenvalue weighted by Gasteiger charge is 2.26. The Morgan fingerprint density at radius 1 is 0.943 bits per heavy atom. The number of piperidine rings is 1. The summed E-state index contributed by atoms with van der Waals surface area (Å²) in [4.78, 5) is 43.0. The molecule has 1 aliphatic heterocycles. The van der Waals surface area contributed by atoms with Gasteiger partial charge in [0.2, 0.25) is 0 Å². The van der Waals surface area contributed by atoms with Gasteiger partial charge in [-0.25, -0.2) is 8.78 Å². The molecular formula is C25H22F2N4O4. The number of amides is 3. The number of nitrogens with zero attached hydrogens (tertiary/aromatic N) is 2. The molecule has 2 aromatic carbocycles. The zero-order valence-corrected chi connectivity index (χ0v) is 18.5. The number of hydrogen-bond acceptors (Lipinski definition) is 5. The number of pyridine rings is 1. The molecule has 35 heavy (non-hydrogen) atoms. The SMILES string of the molecule is O=C(Nc1ccc(C(=O)N2CCC(NC(=O)c3cccnc3)CC2)c(O)c1)c1cc(F)cc(F)c1. The standard InChI is InChI=1S/C25H22F2N4O4/c26-17-10-16(11-18(27)12-17)24(34)30-20-3-4-21(22(32)13-20)25(35)31-8-5-19(6-9-31)29-23(33)15-2-1-7-28-14-15/h1-4,7,10-14,19,32H,5-6,8-9H2,(H,29,33)(H,30,34). The van der Waals surface area contributed by atoms with E-state index in [-0.39, 0.29) is 40.4 Å². The molecule has 1 aliphatic rings. The molecule has 1 aromatic heterocycles. The van der Waals surface area contributed by atoms with Crippen LogP contribution in [0.5, 0.6) is 5.75 Å². The first-order valence-electron chi connectivity index (χ1n) is 10.9. The third kappa shape index (κ3) is 5.78. The van der Waals surface area contributed by atoms with E-state index < -0.39 is 17.5 Å². The zero-order valence-electron chi connectivity index (χ0n) is 18.5. The van der Waals surface area contributed by atoms with Crippen molar-refractivity contribution in [3.63, 3.8) is 0 Å². The van der Waals surface area contributed by atoms with Crippen LogP contribution in [0, 0.1) is 11.6 Å². The average molecular weight is 480 g/mol. The Morgan fingerprint density at radius 3 is 2.29 bits per heavy atom. The minimum absolute atomic E-state index is 0.0534. The lowest BCUT2D eigenvalue weighted by molar-refractivity contribution is 0.0695. The van der Waals surface area contributed by atoms with Gasteiger partial charge in [0.15, 0.2) is 0 Å². The number of nitrogens with one attached hydrogen (secondary N) is 2. The average Bonchev–Trinajstić information content (AvgIpc) is 2.84. The van der Waals surface area contributed by atoms with Gasteiger partial charge in [-0.05, 0) is 49.2 Å². The Morgan fingerprint density at radius 2 is 1.66 bits per heavy atom. The van der Waals surface area contributed by atoms with Crippen molar-refractivity contribution >= 4 is 23.4 Å². The van der Waals surface area contributed by atoms with Crippen LogP contribution in [0.2, 0.25) is 0 Å². The molecule has 3 aromatic rings. The highest BCUT2D eigenvalue weighted by Crippen LogP contribution is 2.25. The van der Waals surface area contributed by atoms with E-state index in [1.165, 1.54) is 24.4 Å². The van der Waals surface area contributed by atoms with Gasteiger partial charge in [0.05, 0.1) is 11.1 Å². The molecule has 4 rings (SSSR count). The van der Waals surface area contributed by atoms with Crippen molar-refractivity contribution in [3.05, 3.63) is 89.2 Å². The lowest BCUT2D eigenvalue weighted by atomic mass is 10.0. The number of carbonyl (C=O) groups excluding carboxylic acids is 3. The summed E-state index contributed by atoms with van der Waals surface area (Å²) in [5.74, 6) is -3.50. The number of likely N-dealkylation sites (tertiary alicyclic amines) is 1. The summed E-state index contributed by atoms with van der Waals surface area (Å²) in [5.41, 5.74) is 0.453. The van der Waals surface area contributed by atoms with Crippen molar-refractivity contribution in [1.29, 1.82) is 0 Å². The topological polar surface area (TPSA) is 112 Å². The molecule has 3 amide bonds. The third-order valence-corrected chi connectivity index (χ3v) is 5.65. The minimum atomic E-state index is -0.889. The molecule has 0 aliphatic carbocycles. The van der Waals surface area contributed by atoms with Gasteiger partial charge in [0, 0.05) is 54.9 Å². The van der Waals surface area contributed by atoms with Crippen LogP contribution in [-0.4, -0.2) is 51.8 Å². The second kappa shape index (κ2) is 10.3. The van der Waals surface area contributed by atoms with Crippen molar-refractivity contribution in [2.45, 2.75) is 18.9 Å². The predicted molar refractivity (Wildman–Crippen MR) is 123 cm³/mol. The quantitative estimate of drug-likeness (QED) is 0.519. The molecule has 0 atom stereocenters. The fourth-order valence-corrected chi connectivity index (χ4v) is 3.84. The number of anilines is 1. The lowest BCUT2D eigenvalue weighted by Gasteiger charge is -2.32. The van der Waals surface area contributed by atoms with Crippen LogP contribution in [0.25, 0.3) is 0 Å². The second-order valence-electron chi connectivity index (χ2n) is 8.13. The molecule has 2 heterocycles. The van der Waals surface area contributed by atoms with E-state index in [4.69, 9.17) is 0 Å². The molecule has 0 unspecified atom stereocenters. The van der Waals surface area contributed by atoms with Crippen LogP contribution in [-0.2, 0) is 0 Å². The Hall–Kier alpha value is -4.34. The van der Waals surface area contributed by atoms with Crippen molar-refractivity contribution in [2.24, 2.45) is 0 Å². The Labute approximate surface area is 199 Å². The van der Waals surface area contributed by atoms with E-state index in [0.29, 0.717) is 37.6 Å². The van der Waals surface area contributed by atoms with Crippen LogP contribution < -0.4 is 10.6 Å². The first kappa shape index (κ1) is 23.8. The van der Waals surface area contributed by atoms with E-state index in [9.17, 15) is 28.3 Å². The van der Waals surface area contributed by atoms with Gasteiger partial charge in [-0.15, -0.1) is 0 Å². The van der Waals surface area contributed by atoms with Crippen LogP contribution in [0.3, 0.4) is 0 Å². The maximum Gasteiger partial charge on any atom is 0.257 e. The summed E-state index contributed by atoms with van der Waals surface area (Å²) in [7, 11) is 0. The van der Waals surface area contributed by atoms with Gasteiger partial charge in [0.25, 0.3) is 17.7 Å². The summed E-state index contributed by atoms with van der Waals surface area (Å²) in [6, 6.07) is 9.68. The number of phenols is 1. The first-order chi connectivity index (χ1) is 16.8. The number of benzene rings is 2. The molecule has 1 fully saturated rings. The largest absolute Gasteiger partial charge is 0.507 e. The molecule has 0 radical (unpaired) electrons. The van der Waals surface area contributed by atoms with E-state index in [0.717, 1.165) is 12.1 Å². The number of carbonyl (C=O) groups is 3. The monoisotopic (exact) mass is 480 g/mol. The maximum absolute atomic E-state index is 13.3. The fourth-order valence-electron chi connectivity index (χ4n) is 3.84. The predicted octanol–water partition coefficient (Wildman–Crippen LogP) is 3.35. The zero-order chi connectivity index (χ0) is 24.9. The van der Waals surface area contributed by atoms with Crippen LogP contribution >= 0.6 is 0 Å². The molecule has 180 valence electrons. The lowest BCUT2D eigenvalue weighted by Crippen LogP contribution is -2.46. The number of rotatable bonds is 5. The van der Waals surface area contributed by atoms with Crippen molar-refractivity contribution in [1.82, 2.24) is 15.2 Å².